The lowest BCUT2D eigenvalue weighted by molar-refractivity contribution is -0.308. The second kappa shape index (κ2) is 13.1. The smallest absolute Gasteiger partial charge is 0.215 e. The molecule has 2 bridgehead atoms. The molecule has 6 rings (SSSR count). The lowest BCUT2D eigenvalue weighted by Crippen LogP contribution is -2.73. The highest BCUT2D eigenvalue weighted by molar-refractivity contribution is 6.29. The SMILES string of the molecule is C\C=C/C=C/C(O)=C1/C(O)=C(C)C(=O)[C@]2(C)O[C@]3(O)[C@](C)(O)C(=N)C(C(=O)[C@H]4[C@H](/C=C\C)[C@@]5(C)C(=O)\C(=C(O)/C=C/C=C\C)[C@@H]4[C@@](C)(O)C5=O)=C(O)[C@]3(C)[C@H]12. The van der Waals surface area contributed by atoms with E-state index in [4.69, 9.17) is 4.74 Å². The lowest BCUT2D eigenvalue weighted by atomic mass is 9.42. The van der Waals surface area contributed by atoms with Gasteiger partial charge in [-0.05, 0) is 74.5 Å². The first-order valence-corrected chi connectivity index (χ1v) is 18.0. The van der Waals surface area contributed by atoms with Crippen LogP contribution in [-0.2, 0) is 23.9 Å². The van der Waals surface area contributed by atoms with E-state index < -0.39 is 120 Å². The molecule has 4 fully saturated rings. The maximum atomic E-state index is 15.4. The Hall–Kier alpha value is -4.95. The number of hydrogen-bond donors (Lipinski definition) is 8. The highest BCUT2D eigenvalue weighted by Crippen LogP contribution is 2.69. The molecule has 0 aromatic heterocycles. The number of fused-ring (bicyclic) bond motifs is 6. The van der Waals surface area contributed by atoms with Crippen molar-refractivity contribution in [2.45, 2.75) is 84.9 Å². The summed E-state index contributed by atoms with van der Waals surface area (Å²) in [4.78, 5) is 57.6. The number of carbonyl (C=O) groups excluding carboxylic acids is 4. The van der Waals surface area contributed by atoms with Gasteiger partial charge in [0.25, 0.3) is 0 Å². The van der Waals surface area contributed by atoms with Crippen LogP contribution in [0.3, 0.4) is 0 Å². The fraction of sp³-hybridized carbons (Fsp3) is 0.452. The number of allylic oxidation sites excluding steroid dienone is 11. The third-order valence-corrected chi connectivity index (χ3v) is 12.6. The fourth-order valence-electron chi connectivity index (χ4n) is 9.82. The standard InChI is InChI=1S/C42H49NO12/c1-10-13-15-18-22(44)25-28-24(21(17-12-3)37(5,34(25)49)36(51)39(28,7)52)30(47)27-32(43)41(9,53)42(54)38(6,35(27)50)31-26(23(45)19-16-14-11-2)29(46)20(4)33(48)40(31,8)55-42/h10-19,21,24,28,31,43-46,50,52-54H,1-9H3/b13-10-,14-11-,17-12-,18-15+,19-16+,25-22+,26-23+,43-32?/t21-,24-,28+,31-,37-,38-,39+,40+,41+,42-/m0/s1. The van der Waals surface area contributed by atoms with Gasteiger partial charge in [0.1, 0.15) is 34.2 Å². The minimum atomic E-state index is -3.08. The number of Topliss-reactive ketones (excluding diaryl/α,β-unsaturated/α-hetero) is 4. The molecule has 55 heavy (non-hydrogen) atoms. The molecule has 6 aliphatic rings. The van der Waals surface area contributed by atoms with E-state index >= 15 is 4.79 Å². The van der Waals surface area contributed by atoms with Gasteiger partial charge in [0.05, 0.1) is 22.1 Å². The zero-order chi connectivity index (χ0) is 41.6. The van der Waals surface area contributed by atoms with E-state index in [0.717, 1.165) is 20.8 Å². The predicted molar refractivity (Wildman–Crippen MR) is 201 cm³/mol. The van der Waals surface area contributed by atoms with Crippen LogP contribution in [0, 0.1) is 39.9 Å². The third-order valence-electron chi connectivity index (χ3n) is 12.6. The van der Waals surface area contributed by atoms with Crippen LogP contribution in [0.5, 0.6) is 0 Å². The van der Waals surface area contributed by atoms with Crippen LogP contribution in [0.25, 0.3) is 0 Å². The van der Waals surface area contributed by atoms with E-state index in [-0.39, 0.29) is 11.1 Å². The zero-order valence-electron chi connectivity index (χ0n) is 32.3. The van der Waals surface area contributed by atoms with E-state index in [1.165, 1.54) is 57.2 Å². The summed E-state index contributed by atoms with van der Waals surface area (Å²) in [5, 5.41) is 92.6. The summed E-state index contributed by atoms with van der Waals surface area (Å²) in [5.74, 6) is -16.4. The molecule has 8 N–H and O–H groups in total. The van der Waals surface area contributed by atoms with Gasteiger partial charge in [0, 0.05) is 40.4 Å². The van der Waals surface area contributed by atoms with E-state index in [2.05, 4.69) is 0 Å². The van der Waals surface area contributed by atoms with E-state index in [1.807, 2.05) is 0 Å². The lowest BCUT2D eigenvalue weighted by Gasteiger charge is -2.58. The summed E-state index contributed by atoms with van der Waals surface area (Å²) in [6, 6.07) is 0. The Morgan fingerprint density at radius 2 is 1.33 bits per heavy atom. The molecule has 13 nitrogen and oxygen atoms in total. The molecule has 0 spiro atoms. The van der Waals surface area contributed by atoms with Crippen molar-refractivity contribution in [3.8, 4) is 0 Å². The summed E-state index contributed by atoms with van der Waals surface area (Å²) >= 11 is 0. The number of aliphatic hydroxyl groups is 7. The van der Waals surface area contributed by atoms with Crippen molar-refractivity contribution >= 4 is 28.8 Å². The van der Waals surface area contributed by atoms with Gasteiger partial charge < -0.3 is 45.9 Å². The maximum Gasteiger partial charge on any atom is 0.215 e. The minimum Gasteiger partial charge on any atom is -0.511 e. The third kappa shape index (κ3) is 4.95. The Labute approximate surface area is 318 Å². The van der Waals surface area contributed by atoms with Crippen molar-refractivity contribution in [1.82, 2.24) is 0 Å². The number of rotatable bonds is 7. The van der Waals surface area contributed by atoms with Crippen molar-refractivity contribution in [1.29, 1.82) is 5.41 Å². The van der Waals surface area contributed by atoms with Crippen LogP contribution in [0.2, 0.25) is 0 Å². The van der Waals surface area contributed by atoms with Gasteiger partial charge in [-0.25, -0.2) is 0 Å². The van der Waals surface area contributed by atoms with Crippen molar-refractivity contribution in [3.63, 3.8) is 0 Å². The van der Waals surface area contributed by atoms with Crippen molar-refractivity contribution < 1.29 is 59.7 Å². The first kappa shape index (κ1) is 41.2. The van der Waals surface area contributed by atoms with Crippen LogP contribution in [0.15, 0.2) is 106 Å². The van der Waals surface area contributed by atoms with Crippen molar-refractivity contribution in [2.24, 2.45) is 34.5 Å². The molecule has 13 heteroatoms. The molecular weight excluding hydrogens is 710 g/mol. The molecule has 294 valence electrons. The van der Waals surface area contributed by atoms with Crippen molar-refractivity contribution in [2.75, 3.05) is 0 Å². The number of ketones is 4. The van der Waals surface area contributed by atoms with Crippen LogP contribution in [-0.4, -0.2) is 87.2 Å². The fourth-order valence-corrected chi connectivity index (χ4v) is 9.82. The van der Waals surface area contributed by atoms with Gasteiger partial charge in [-0.1, -0.05) is 48.6 Å². The summed E-state index contributed by atoms with van der Waals surface area (Å²) in [6.07, 6.45) is 14.5. The summed E-state index contributed by atoms with van der Waals surface area (Å²) in [6.45, 7) is 11.9. The van der Waals surface area contributed by atoms with Gasteiger partial charge in [-0.2, -0.15) is 0 Å². The topological polar surface area (TPSA) is 243 Å². The van der Waals surface area contributed by atoms with Crippen molar-refractivity contribution in [3.05, 3.63) is 106 Å². The number of ether oxygens (including phenoxy) is 1. The van der Waals surface area contributed by atoms with Crippen LogP contribution in [0.4, 0.5) is 0 Å². The number of hydrogen-bond acceptors (Lipinski definition) is 13. The first-order chi connectivity index (χ1) is 25.4. The molecular formula is C42H49NO12. The number of nitrogens with one attached hydrogen (secondary N) is 1. The molecule has 1 saturated heterocycles. The summed E-state index contributed by atoms with van der Waals surface area (Å²) in [7, 11) is 0. The van der Waals surface area contributed by atoms with Crippen LogP contribution >= 0.6 is 0 Å². The Bertz CT molecular complexity index is 2100. The Balaban J connectivity index is 1.89. The molecule has 5 aliphatic carbocycles. The monoisotopic (exact) mass is 759 g/mol. The molecule has 0 aromatic rings. The minimum absolute atomic E-state index is 0.278. The van der Waals surface area contributed by atoms with Gasteiger partial charge in [-0.15, -0.1) is 0 Å². The summed E-state index contributed by atoms with van der Waals surface area (Å²) in [5.41, 5.74) is -15.3. The molecule has 0 aromatic carbocycles. The second-order valence-electron chi connectivity index (χ2n) is 15.8. The Morgan fingerprint density at radius 1 is 0.800 bits per heavy atom. The molecule has 1 aliphatic heterocycles. The van der Waals surface area contributed by atoms with E-state index in [9.17, 15) is 55.5 Å². The molecule has 3 saturated carbocycles. The first-order valence-electron chi connectivity index (χ1n) is 18.0. The normalized spacial score (nSPS) is 42.6. The number of aliphatic hydroxyl groups excluding tert-OH is 4. The molecule has 0 radical (unpaired) electrons. The van der Waals surface area contributed by atoms with Gasteiger partial charge in [-0.3, -0.25) is 19.2 Å². The summed E-state index contributed by atoms with van der Waals surface area (Å²) < 4.78 is 6.08. The van der Waals surface area contributed by atoms with Gasteiger partial charge in [0.15, 0.2) is 28.7 Å². The highest BCUT2D eigenvalue weighted by Gasteiger charge is 2.82. The Kier molecular flexibility index (Phi) is 9.80. The Morgan fingerprint density at radius 3 is 1.84 bits per heavy atom. The largest absolute Gasteiger partial charge is 0.511 e. The highest BCUT2D eigenvalue weighted by atomic mass is 16.7. The average Bonchev–Trinajstić information content (AvgIpc) is 3.32. The van der Waals surface area contributed by atoms with Gasteiger partial charge in [0.2, 0.25) is 5.79 Å². The van der Waals surface area contributed by atoms with Crippen LogP contribution in [0.1, 0.15) is 62.3 Å². The molecule has 10 atom stereocenters. The molecule has 0 unspecified atom stereocenters. The van der Waals surface area contributed by atoms with E-state index in [0.29, 0.717) is 0 Å². The zero-order valence-corrected chi connectivity index (χ0v) is 32.3. The van der Waals surface area contributed by atoms with E-state index in [1.54, 1.807) is 45.1 Å². The molecule has 0 amide bonds. The number of carbonyl (C=O) groups is 4. The average molecular weight is 760 g/mol. The second-order valence-corrected chi connectivity index (χ2v) is 15.8. The predicted octanol–water partition coefficient (Wildman–Crippen LogP) is 4.90. The molecule has 1 heterocycles. The van der Waals surface area contributed by atoms with Gasteiger partial charge >= 0.3 is 0 Å². The quantitative estimate of drug-likeness (QED) is 0.0568. The maximum absolute atomic E-state index is 15.4. The van der Waals surface area contributed by atoms with Crippen LogP contribution < -0.4 is 0 Å².